The van der Waals surface area contributed by atoms with Crippen molar-refractivity contribution in [1.29, 1.82) is 0 Å². The topological polar surface area (TPSA) is 3.24 Å². The largest absolute Gasteiger partial charge is 0.298 e. The minimum Gasteiger partial charge on any atom is -0.298 e. The van der Waals surface area contributed by atoms with Crippen LogP contribution < -0.4 is 0 Å². The molecule has 2 aromatic rings. The molecule has 0 aromatic heterocycles. The molecule has 3 heteroatoms. The van der Waals surface area contributed by atoms with E-state index in [0.717, 1.165) is 17.6 Å². The Labute approximate surface area is 125 Å². The fourth-order valence-electron chi connectivity index (χ4n) is 1.87. The van der Waals surface area contributed by atoms with E-state index in [9.17, 15) is 0 Å². The Bertz CT molecular complexity index is 508. The molecule has 0 saturated carbocycles. The van der Waals surface area contributed by atoms with Gasteiger partial charge >= 0.3 is 0 Å². The van der Waals surface area contributed by atoms with Gasteiger partial charge in [-0.05, 0) is 36.4 Å². The molecule has 94 valence electrons. The predicted molar refractivity (Wildman–Crippen MR) is 83.5 cm³/mol. The van der Waals surface area contributed by atoms with E-state index in [-0.39, 0.29) is 0 Å². The number of halogens is 2. The van der Waals surface area contributed by atoms with Crippen LogP contribution in [0.2, 0.25) is 0 Å². The summed E-state index contributed by atoms with van der Waals surface area (Å²) < 4.78 is 2.30. The molecule has 0 spiro atoms. The van der Waals surface area contributed by atoms with Crippen molar-refractivity contribution in [2.45, 2.75) is 13.1 Å². The lowest BCUT2D eigenvalue weighted by atomic mass is 10.2. The molecule has 0 unspecified atom stereocenters. The molecule has 0 aliphatic heterocycles. The van der Waals surface area contributed by atoms with Gasteiger partial charge in [0.05, 0.1) is 0 Å². The molecule has 2 rings (SSSR count). The third-order valence-corrected chi connectivity index (χ3v) is 4.07. The van der Waals surface area contributed by atoms with Crippen molar-refractivity contribution in [3.05, 3.63) is 68.6 Å². The van der Waals surface area contributed by atoms with Crippen LogP contribution in [0.5, 0.6) is 0 Å². The van der Waals surface area contributed by atoms with Crippen molar-refractivity contribution in [2.75, 3.05) is 7.05 Å². The molecule has 0 heterocycles. The Balaban J connectivity index is 1.99. The van der Waals surface area contributed by atoms with Crippen LogP contribution in [0.3, 0.4) is 0 Å². The Hall–Kier alpha value is -0.640. The highest BCUT2D eigenvalue weighted by atomic mass is 79.9. The summed E-state index contributed by atoms with van der Waals surface area (Å²) in [6.07, 6.45) is 0. The Morgan fingerprint density at radius 1 is 0.889 bits per heavy atom. The van der Waals surface area contributed by atoms with Gasteiger partial charge < -0.3 is 0 Å². The van der Waals surface area contributed by atoms with Gasteiger partial charge in [-0.2, -0.15) is 0 Å². The van der Waals surface area contributed by atoms with Gasteiger partial charge in [0.15, 0.2) is 0 Å². The van der Waals surface area contributed by atoms with Gasteiger partial charge in [-0.25, -0.2) is 0 Å². The first-order valence-electron chi connectivity index (χ1n) is 5.81. The molecule has 0 bridgehead atoms. The van der Waals surface area contributed by atoms with Crippen molar-refractivity contribution >= 4 is 31.9 Å². The maximum absolute atomic E-state index is 3.59. The third kappa shape index (κ3) is 3.94. The summed E-state index contributed by atoms with van der Waals surface area (Å²) >= 11 is 7.04. The summed E-state index contributed by atoms with van der Waals surface area (Å²) in [6, 6.07) is 16.8. The smallest absolute Gasteiger partial charge is 0.0245 e. The summed E-state index contributed by atoms with van der Waals surface area (Å²) in [4.78, 5) is 2.31. The van der Waals surface area contributed by atoms with Crippen LogP contribution >= 0.6 is 31.9 Å². The lowest BCUT2D eigenvalue weighted by molar-refractivity contribution is 0.318. The second kappa shape index (κ2) is 6.50. The van der Waals surface area contributed by atoms with Gasteiger partial charge in [0, 0.05) is 22.0 Å². The van der Waals surface area contributed by atoms with E-state index in [1.54, 1.807) is 0 Å². The van der Waals surface area contributed by atoms with Gasteiger partial charge in [-0.15, -0.1) is 0 Å². The van der Waals surface area contributed by atoms with E-state index in [0.29, 0.717) is 0 Å². The molecular weight excluding hydrogens is 354 g/mol. The Morgan fingerprint density at radius 3 is 2.22 bits per heavy atom. The molecule has 0 fully saturated rings. The minimum atomic E-state index is 0.942. The lowest BCUT2D eigenvalue weighted by Gasteiger charge is -2.17. The number of rotatable bonds is 4. The first-order chi connectivity index (χ1) is 8.65. The van der Waals surface area contributed by atoms with E-state index in [1.165, 1.54) is 15.6 Å². The Kier molecular flexibility index (Phi) is 4.98. The summed E-state index contributed by atoms with van der Waals surface area (Å²) in [5.41, 5.74) is 2.64. The fraction of sp³-hybridized carbons (Fsp3) is 0.200. The molecule has 2 aromatic carbocycles. The predicted octanol–water partition coefficient (Wildman–Crippen LogP) is 4.84. The highest BCUT2D eigenvalue weighted by Gasteiger charge is 2.04. The lowest BCUT2D eigenvalue weighted by Crippen LogP contribution is -2.17. The van der Waals surface area contributed by atoms with Crippen LogP contribution in [-0.2, 0) is 13.1 Å². The second-order valence-corrected chi connectivity index (χ2v) is 6.16. The summed E-state index contributed by atoms with van der Waals surface area (Å²) in [5.74, 6) is 0. The maximum Gasteiger partial charge on any atom is 0.0245 e. The standard InChI is InChI=1S/C15H15Br2N/c1-18(10-12-6-8-14(16)9-7-12)11-13-4-2-3-5-15(13)17/h2-9H,10-11H2,1H3. The van der Waals surface area contributed by atoms with Gasteiger partial charge in [-0.3, -0.25) is 4.90 Å². The Morgan fingerprint density at radius 2 is 1.56 bits per heavy atom. The summed E-state index contributed by atoms with van der Waals surface area (Å²) in [6.45, 7) is 1.89. The number of hydrogen-bond acceptors (Lipinski definition) is 1. The SMILES string of the molecule is CN(Cc1ccc(Br)cc1)Cc1ccccc1Br. The van der Waals surface area contributed by atoms with Crippen LogP contribution in [0.15, 0.2) is 57.5 Å². The van der Waals surface area contributed by atoms with Crippen molar-refractivity contribution in [3.63, 3.8) is 0 Å². The van der Waals surface area contributed by atoms with Crippen molar-refractivity contribution < 1.29 is 0 Å². The molecule has 0 radical (unpaired) electrons. The first kappa shape index (κ1) is 13.8. The molecule has 0 saturated heterocycles. The highest BCUT2D eigenvalue weighted by molar-refractivity contribution is 9.10. The average Bonchev–Trinajstić information content (AvgIpc) is 2.35. The molecule has 0 aliphatic carbocycles. The number of benzene rings is 2. The van der Waals surface area contributed by atoms with E-state index in [1.807, 2.05) is 6.07 Å². The zero-order valence-electron chi connectivity index (χ0n) is 10.2. The van der Waals surface area contributed by atoms with Crippen LogP contribution in [-0.4, -0.2) is 11.9 Å². The maximum atomic E-state index is 3.59. The summed E-state index contributed by atoms with van der Waals surface area (Å²) in [7, 11) is 2.14. The van der Waals surface area contributed by atoms with Crippen molar-refractivity contribution in [2.24, 2.45) is 0 Å². The normalized spacial score (nSPS) is 10.9. The molecule has 0 atom stereocenters. The van der Waals surface area contributed by atoms with Crippen LogP contribution in [0.4, 0.5) is 0 Å². The molecule has 1 nitrogen and oxygen atoms in total. The molecule has 0 N–H and O–H groups in total. The second-order valence-electron chi connectivity index (χ2n) is 4.39. The van der Waals surface area contributed by atoms with Crippen molar-refractivity contribution in [1.82, 2.24) is 4.90 Å². The average molecular weight is 369 g/mol. The van der Waals surface area contributed by atoms with Crippen LogP contribution in [0, 0.1) is 0 Å². The first-order valence-corrected chi connectivity index (χ1v) is 7.40. The van der Waals surface area contributed by atoms with E-state index in [2.05, 4.69) is 86.3 Å². The quantitative estimate of drug-likeness (QED) is 0.745. The molecule has 0 aliphatic rings. The third-order valence-electron chi connectivity index (χ3n) is 2.76. The minimum absolute atomic E-state index is 0.942. The van der Waals surface area contributed by atoms with Crippen molar-refractivity contribution in [3.8, 4) is 0 Å². The van der Waals surface area contributed by atoms with Gasteiger partial charge in [0.1, 0.15) is 0 Å². The summed E-state index contributed by atoms with van der Waals surface area (Å²) in [5, 5.41) is 0. The van der Waals surface area contributed by atoms with Crippen LogP contribution in [0.25, 0.3) is 0 Å². The zero-order chi connectivity index (χ0) is 13.0. The fourth-order valence-corrected chi connectivity index (χ4v) is 2.55. The highest BCUT2D eigenvalue weighted by Crippen LogP contribution is 2.18. The van der Waals surface area contributed by atoms with Gasteiger partial charge in [0.25, 0.3) is 0 Å². The number of hydrogen-bond donors (Lipinski definition) is 0. The molecule has 0 amide bonds. The van der Waals surface area contributed by atoms with Crippen LogP contribution in [0.1, 0.15) is 11.1 Å². The van der Waals surface area contributed by atoms with Gasteiger partial charge in [-0.1, -0.05) is 62.2 Å². The zero-order valence-corrected chi connectivity index (χ0v) is 13.4. The van der Waals surface area contributed by atoms with E-state index < -0.39 is 0 Å². The number of nitrogens with zero attached hydrogens (tertiary/aromatic N) is 1. The molecule has 18 heavy (non-hydrogen) atoms. The monoisotopic (exact) mass is 367 g/mol. The van der Waals surface area contributed by atoms with Gasteiger partial charge in [0.2, 0.25) is 0 Å². The van der Waals surface area contributed by atoms with E-state index in [4.69, 9.17) is 0 Å². The van der Waals surface area contributed by atoms with E-state index >= 15 is 0 Å². The molecular formula is C15H15Br2N.